The third kappa shape index (κ3) is 2.92. The Hall–Kier alpha value is -1.69. The van der Waals surface area contributed by atoms with Gasteiger partial charge in [0.05, 0.1) is 17.7 Å². The molecule has 126 valence electrons. The Morgan fingerprint density at radius 2 is 2.13 bits per heavy atom. The van der Waals surface area contributed by atoms with Gasteiger partial charge in [0.1, 0.15) is 12.1 Å². The van der Waals surface area contributed by atoms with E-state index in [-0.39, 0.29) is 12.0 Å². The summed E-state index contributed by atoms with van der Waals surface area (Å²) < 4.78 is 1.81. The van der Waals surface area contributed by atoms with Crippen molar-refractivity contribution in [3.8, 4) is 0 Å². The van der Waals surface area contributed by atoms with Crippen LogP contribution >= 0.6 is 0 Å². The largest absolute Gasteiger partial charge is 0.396 e. The van der Waals surface area contributed by atoms with Crippen molar-refractivity contribution in [3.05, 3.63) is 12.0 Å². The summed E-state index contributed by atoms with van der Waals surface area (Å²) in [5.74, 6) is 1.54. The monoisotopic (exact) mass is 317 g/mol. The van der Waals surface area contributed by atoms with E-state index >= 15 is 0 Å². The van der Waals surface area contributed by atoms with Gasteiger partial charge in [-0.1, -0.05) is 13.8 Å². The molecule has 2 aromatic rings. The van der Waals surface area contributed by atoms with Crippen LogP contribution in [0.3, 0.4) is 0 Å². The van der Waals surface area contributed by atoms with Crippen LogP contribution in [0.4, 0.5) is 5.82 Å². The lowest BCUT2D eigenvalue weighted by Gasteiger charge is -2.43. The number of hydrogen-bond acceptors (Lipinski definition) is 5. The molecular formula is C17H27N5O. The molecule has 0 radical (unpaired) electrons. The van der Waals surface area contributed by atoms with Gasteiger partial charge in [0.25, 0.3) is 0 Å². The maximum absolute atomic E-state index is 10.1. The summed E-state index contributed by atoms with van der Waals surface area (Å²) in [5.41, 5.74) is 1.80. The predicted molar refractivity (Wildman–Crippen MR) is 91.5 cm³/mol. The van der Waals surface area contributed by atoms with Crippen LogP contribution in [0.2, 0.25) is 0 Å². The van der Waals surface area contributed by atoms with Gasteiger partial charge in [-0.2, -0.15) is 5.10 Å². The molecule has 23 heavy (non-hydrogen) atoms. The van der Waals surface area contributed by atoms with E-state index in [1.807, 2.05) is 18.7 Å². The Kier molecular flexibility index (Phi) is 4.27. The molecule has 6 heteroatoms. The van der Waals surface area contributed by atoms with Crippen LogP contribution in [0.25, 0.3) is 11.0 Å². The molecule has 0 saturated carbocycles. The fraction of sp³-hybridized carbons (Fsp3) is 0.706. The molecular weight excluding hydrogens is 290 g/mol. The Balaban J connectivity index is 1.98. The van der Waals surface area contributed by atoms with Crippen molar-refractivity contribution in [2.45, 2.75) is 40.0 Å². The van der Waals surface area contributed by atoms with Gasteiger partial charge in [-0.25, -0.2) is 9.97 Å². The summed E-state index contributed by atoms with van der Waals surface area (Å²) in [6.45, 7) is 8.52. The summed E-state index contributed by atoms with van der Waals surface area (Å²) in [7, 11) is 1.92. The minimum Gasteiger partial charge on any atom is -0.396 e. The maximum Gasteiger partial charge on any atom is 0.163 e. The summed E-state index contributed by atoms with van der Waals surface area (Å²) in [5, 5.41) is 15.6. The lowest BCUT2D eigenvalue weighted by atomic mass is 9.74. The molecule has 3 heterocycles. The highest BCUT2D eigenvalue weighted by Gasteiger charge is 2.36. The Labute approximate surface area is 137 Å². The minimum absolute atomic E-state index is 0.0280. The quantitative estimate of drug-likeness (QED) is 0.937. The van der Waals surface area contributed by atoms with Crippen LogP contribution in [0.15, 0.2) is 6.33 Å². The van der Waals surface area contributed by atoms with Gasteiger partial charge in [-0.05, 0) is 32.1 Å². The normalized spacial score (nSPS) is 22.3. The van der Waals surface area contributed by atoms with Gasteiger partial charge in [-0.15, -0.1) is 0 Å². The van der Waals surface area contributed by atoms with E-state index in [0.29, 0.717) is 5.92 Å². The topological polar surface area (TPSA) is 67.1 Å². The molecule has 1 fully saturated rings. The second kappa shape index (κ2) is 6.07. The highest BCUT2D eigenvalue weighted by molar-refractivity contribution is 5.89. The SMILES string of the molecule is Cc1nn(C)c2ncnc(N3CCC[C@@](CO)(CC(C)C)C3)c12. The molecule has 0 unspecified atom stereocenters. The third-order valence-electron chi connectivity index (χ3n) is 4.91. The van der Waals surface area contributed by atoms with E-state index in [1.165, 1.54) is 0 Å². The zero-order valence-corrected chi connectivity index (χ0v) is 14.6. The van der Waals surface area contributed by atoms with Crippen molar-refractivity contribution in [2.24, 2.45) is 18.4 Å². The van der Waals surface area contributed by atoms with Crippen molar-refractivity contribution >= 4 is 16.9 Å². The fourth-order valence-electron chi connectivity index (χ4n) is 4.11. The third-order valence-corrected chi connectivity index (χ3v) is 4.91. The van der Waals surface area contributed by atoms with Gasteiger partial charge in [0.2, 0.25) is 0 Å². The second-order valence-electron chi connectivity index (χ2n) is 7.39. The van der Waals surface area contributed by atoms with Gasteiger partial charge >= 0.3 is 0 Å². The standard InChI is InChI=1S/C17H27N5O/c1-12(2)8-17(10-23)6-5-7-22(9-17)16-14-13(3)20-21(4)15(14)18-11-19-16/h11-12,23H,5-10H2,1-4H3/t17-/m1/s1. The van der Waals surface area contributed by atoms with Crippen LogP contribution in [-0.2, 0) is 7.05 Å². The Morgan fingerprint density at radius 1 is 1.35 bits per heavy atom. The first kappa shape index (κ1) is 16.2. The van der Waals surface area contributed by atoms with Gasteiger partial charge in [0, 0.05) is 25.6 Å². The smallest absolute Gasteiger partial charge is 0.163 e. The molecule has 1 N–H and O–H groups in total. The van der Waals surface area contributed by atoms with Crippen LogP contribution in [-0.4, -0.2) is 44.6 Å². The summed E-state index contributed by atoms with van der Waals surface area (Å²) in [4.78, 5) is 11.3. The van der Waals surface area contributed by atoms with Crippen molar-refractivity contribution in [3.63, 3.8) is 0 Å². The molecule has 2 aromatic heterocycles. The van der Waals surface area contributed by atoms with Crippen LogP contribution in [0, 0.1) is 18.3 Å². The molecule has 3 rings (SSSR count). The van der Waals surface area contributed by atoms with Gasteiger partial charge in [0.15, 0.2) is 5.65 Å². The minimum atomic E-state index is -0.0280. The summed E-state index contributed by atoms with van der Waals surface area (Å²) in [6.07, 6.45) is 4.83. The van der Waals surface area contributed by atoms with Crippen LogP contribution in [0.1, 0.15) is 38.8 Å². The number of anilines is 1. The molecule has 0 amide bonds. The first-order valence-electron chi connectivity index (χ1n) is 8.46. The average molecular weight is 317 g/mol. The van der Waals surface area contributed by atoms with E-state index in [1.54, 1.807) is 6.33 Å². The predicted octanol–water partition coefficient (Wildman–Crippen LogP) is 2.30. The Morgan fingerprint density at radius 3 is 2.83 bits per heavy atom. The molecule has 0 aliphatic carbocycles. The lowest BCUT2D eigenvalue weighted by Crippen LogP contribution is -2.46. The molecule has 1 aliphatic rings. The van der Waals surface area contributed by atoms with Crippen molar-refractivity contribution < 1.29 is 5.11 Å². The fourth-order valence-corrected chi connectivity index (χ4v) is 4.11. The molecule has 0 bridgehead atoms. The van der Waals surface area contributed by atoms with Crippen LogP contribution < -0.4 is 4.90 Å². The van der Waals surface area contributed by atoms with Gasteiger partial charge in [-0.3, -0.25) is 4.68 Å². The average Bonchev–Trinajstić information content (AvgIpc) is 2.82. The van der Waals surface area contributed by atoms with E-state index < -0.39 is 0 Å². The number of aliphatic hydroxyl groups is 1. The number of aromatic nitrogens is 4. The number of nitrogens with zero attached hydrogens (tertiary/aromatic N) is 5. The zero-order chi connectivity index (χ0) is 16.6. The number of piperidine rings is 1. The van der Waals surface area contributed by atoms with E-state index in [0.717, 1.165) is 54.9 Å². The molecule has 1 aliphatic heterocycles. The molecule has 0 spiro atoms. The first-order chi connectivity index (χ1) is 11.0. The molecule has 6 nitrogen and oxygen atoms in total. The molecule has 0 aromatic carbocycles. The van der Waals surface area contributed by atoms with E-state index in [9.17, 15) is 5.11 Å². The molecule has 1 saturated heterocycles. The number of aryl methyl sites for hydroxylation is 2. The van der Waals surface area contributed by atoms with E-state index in [2.05, 4.69) is 33.8 Å². The number of hydrogen-bond donors (Lipinski definition) is 1. The van der Waals surface area contributed by atoms with Crippen molar-refractivity contribution in [2.75, 3.05) is 24.6 Å². The first-order valence-corrected chi connectivity index (χ1v) is 8.46. The Bertz CT molecular complexity index is 696. The number of rotatable bonds is 4. The van der Waals surface area contributed by atoms with Crippen molar-refractivity contribution in [1.29, 1.82) is 0 Å². The molecule has 1 atom stereocenters. The van der Waals surface area contributed by atoms with E-state index in [4.69, 9.17) is 0 Å². The zero-order valence-electron chi connectivity index (χ0n) is 14.6. The highest BCUT2D eigenvalue weighted by atomic mass is 16.3. The highest BCUT2D eigenvalue weighted by Crippen LogP contribution is 2.38. The lowest BCUT2D eigenvalue weighted by molar-refractivity contribution is 0.0831. The summed E-state index contributed by atoms with van der Waals surface area (Å²) in [6, 6.07) is 0. The number of aliphatic hydroxyl groups excluding tert-OH is 1. The number of fused-ring (bicyclic) bond motifs is 1. The van der Waals surface area contributed by atoms with Gasteiger partial charge < -0.3 is 10.0 Å². The van der Waals surface area contributed by atoms with Crippen molar-refractivity contribution in [1.82, 2.24) is 19.7 Å². The summed E-state index contributed by atoms with van der Waals surface area (Å²) >= 11 is 0. The van der Waals surface area contributed by atoms with Crippen LogP contribution in [0.5, 0.6) is 0 Å². The second-order valence-corrected chi connectivity index (χ2v) is 7.39. The maximum atomic E-state index is 10.1.